The van der Waals surface area contributed by atoms with Crippen LogP contribution in [0, 0.1) is 11.6 Å². The summed E-state index contributed by atoms with van der Waals surface area (Å²) in [7, 11) is 1.30. The van der Waals surface area contributed by atoms with Gasteiger partial charge in [-0.15, -0.1) is 0 Å². The molecule has 1 N–H and O–H groups in total. The van der Waals surface area contributed by atoms with Gasteiger partial charge in [-0.05, 0) is 30.4 Å². The molecule has 1 heterocycles. The molecule has 0 aliphatic heterocycles. The predicted molar refractivity (Wildman–Crippen MR) is 98.3 cm³/mol. The molecule has 0 saturated heterocycles. The standard InChI is InChI=1S/C20H18F4N4O2/c1-28(9-15(29)27-19-25-7-11(21)8-26-19)18(30)13-5-4-12(10-2-3-10)17(22)16(13)14-6-20(14,23)24/h4-5,7-8,10,14H,2-3,6,9H2,1H3,(H,25,26,27,29)/t14-/m0/s1. The molecule has 0 spiro atoms. The zero-order valence-corrected chi connectivity index (χ0v) is 16.0. The van der Waals surface area contributed by atoms with E-state index in [4.69, 9.17) is 0 Å². The fraction of sp³-hybridized carbons (Fsp3) is 0.400. The van der Waals surface area contributed by atoms with Crippen molar-refractivity contribution in [1.29, 1.82) is 0 Å². The second-order valence-corrected chi connectivity index (χ2v) is 7.66. The van der Waals surface area contributed by atoms with Gasteiger partial charge in [0.2, 0.25) is 11.9 Å². The number of alkyl halides is 2. The monoisotopic (exact) mass is 422 g/mol. The molecule has 30 heavy (non-hydrogen) atoms. The van der Waals surface area contributed by atoms with Crippen LogP contribution in [0.4, 0.5) is 23.5 Å². The third kappa shape index (κ3) is 3.99. The Morgan fingerprint density at radius 2 is 1.83 bits per heavy atom. The van der Waals surface area contributed by atoms with Crippen molar-refractivity contribution in [3.05, 3.63) is 52.9 Å². The van der Waals surface area contributed by atoms with Crippen LogP contribution < -0.4 is 5.32 Å². The Morgan fingerprint density at radius 1 is 1.20 bits per heavy atom. The Kier molecular flexibility index (Phi) is 4.95. The molecule has 10 heteroatoms. The third-order valence-corrected chi connectivity index (χ3v) is 5.23. The van der Waals surface area contributed by atoms with Crippen molar-refractivity contribution in [1.82, 2.24) is 14.9 Å². The van der Waals surface area contributed by atoms with Crippen LogP contribution in [0.25, 0.3) is 0 Å². The zero-order chi connectivity index (χ0) is 21.6. The summed E-state index contributed by atoms with van der Waals surface area (Å²) in [6.07, 6.45) is 2.80. The van der Waals surface area contributed by atoms with E-state index >= 15 is 4.39 Å². The number of likely N-dealkylation sites (N-methyl/N-ethyl adjacent to an activating group) is 1. The van der Waals surface area contributed by atoms with E-state index in [9.17, 15) is 22.8 Å². The number of halogens is 4. The maximum absolute atomic E-state index is 15.0. The van der Waals surface area contributed by atoms with E-state index in [-0.39, 0.29) is 23.0 Å². The molecule has 2 amide bonds. The van der Waals surface area contributed by atoms with Crippen molar-refractivity contribution in [2.75, 3.05) is 18.9 Å². The van der Waals surface area contributed by atoms with Gasteiger partial charge in [0.1, 0.15) is 5.82 Å². The zero-order valence-electron chi connectivity index (χ0n) is 16.0. The Morgan fingerprint density at radius 3 is 2.40 bits per heavy atom. The number of aromatic nitrogens is 2. The van der Waals surface area contributed by atoms with Crippen LogP contribution in [0.15, 0.2) is 24.5 Å². The van der Waals surface area contributed by atoms with Crippen LogP contribution in [0.1, 0.15) is 52.6 Å². The molecule has 4 rings (SSSR count). The molecule has 2 fully saturated rings. The number of hydrogen-bond acceptors (Lipinski definition) is 4. The van der Waals surface area contributed by atoms with Gasteiger partial charge >= 0.3 is 0 Å². The lowest BCUT2D eigenvalue weighted by atomic mass is 9.96. The van der Waals surface area contributed by atoms with Crippen LogP contribution in [-0.4, -0.2) is 46.2 Å². The minimum Gasteiger partial charge on any atom is -0.332 e. The molecule has 0 bridgehead atoms. The fourth-order valence-electron chi connectivity index (χ4n) is 3.41. The molecule has 2 aliphatic carbocycles. The highest BCUT2D eigenvalue weighted by molar-refractivity contribution is 6.00. The highest BCUT2D eigenvalue weighted by atomic mass is 19.3. The first kappa shape index (κ1) is 20.2. The molecule has 0 radical (unpaired) electrons. The van der Waals surface area contributed by atoms with Gasteiger partial charge in [-0.3, -0.25) is 14.9 Å². The van der Waals surface area contributed by atoms with Crippen molar-refractivity contribution in [3.63, 3.8) is 0 Å². The first-order valence-electron chi connectivity index (χ1n) is 9.40. The van der Waals surface area contributed by atoms with Crippen LogP contribution >= 0.6 is 0 Å². The quantitative estimate of drug-likeness (QED) is 0.724. The second kappa shape index (κ2) is 7.33. The smallest absolute Gasteiger partial charge is 0.256 e. The van der Waals surface area contributed by atoms with Gasteiger partial charge in [0.05, 0.1) is 24.9 Å². The molecular weight excluding hydrogens is 404 g/mol. The molecule has 1 aromatic heterocycles. The molecule has 2 saturated carbocycles. The van der Waals surface area contributed by atoms with Crippen LogP contribution in [0.2, 0.25) is 0 Å². The normalized spacial score (nSPS) is 19.3. The maximum atomic E-state index is 15.0. The van der Waals surface area contributed by atoms with Gasteiger partial charge in [0.15, 0.2) is 5.82 Å². The number of carbonyl (C=O) groups excluding carboxylic acids is 2. The van der Waals surface area contributed by atoms with E-state index < -0.39 is 48.3 Å². The summed E-state index contributed by atoms with van der Waals surface area (Å²) in [4.78, 5) is 33.1. The topological polar surface area (TPSA) is 75.2 Å². The van der Waals surface area contributed by atoms with Crippen LogP contribution in [0.3, 0.4) is 0 Å². The largest absolute Gasteiger partial charge is 0.332 e. The summed E-state index contributed by atoms with van der Waals surface area (Å²) in [6, 6.07) is 2.82. The Bertz CT molecular complexity index is 1010. The van der Waals surface area contributed by atoms with Crippen LogP contribution in [-0.2, 0) is 4.79 Å². The van der Waals surface area contributed by atoms with Crippen molar-refractivity contribution in [2.45, 2.75) is 37.0 Å². The Balaban J connectivity index is 1.52. The lowest BCUT2D eigenvalue weighted by molar-refractivity contribution is -0.116. The first-order chi connectivity index (χ1) is 14.2. The molecule has 1 aromatic carbocycles. The van der Waals surface area contributed by atoms with E-state index in [1.54, 1.807) is 0 Å². The highest BCUT2D eigenvalue weighted by Crippen LogP contribution is 2.58. The van der Waals surface area contributed by atoms with Gasteiger partial charge in [0, 0.05) is 24.6 Å². The summed E-state index contributed by atoms with van der Waals surface area (Å²) >= 11 is 0. The van der Waals surface area contributed by atoms with Crippen molar-refractivity contribution >= 4 is 17.8 Å². The molecule has 0 unspecified atom stereocenters. The number of nitrogens with one attached hydrogen (secondary N) is 1. The average molecular weight is 422 g/mol. The van der Waals surface area contributed by atoms with Crippen molar-refractivity contribution in [2.24, 2.45) is 0 Å². The van der Waals surface area contributed by atoms with E-state index in [1.165, 1.54) is 19.2 Å². The Labute approximate surface area is 169 Å². The number of benzene rings is 1. The van der Waals surface area contributed by atoms with Crippen molar-refractivity contribution < 1.29 is 27.2 Å². The van der Waals surface area contributed by atoms with Gasteiger partial charge in [0.25, 0.3) is 11.8 Å². The van der Waals surface area contributed by atoms with Gasteiger partial charge < -0.3 is 4.90 Å². The van der Waals surface area contributed by atoms with E-state index in [0.29, 0.717) is 5.56 Å². The van der Waals surface area contributed by atoms with Gasteiger partial charge in [-0.1, -0.05) is 6.07 Å². The molecule has 158 valence electrons. The SMILES string of the molecule is CN(CC(=O)Nc1ncc(F)cn1)C(=O)c1ccc(C2CC2)c(F)c1[C@@H]1CC1(F)F. The molecular formula is C20H18F4N4O2. The molecule has 2 aliphatic rings. The summed E-state index contributed by atoms with van der Waals surface area (Å²) in [6.45, 7) is -0.452. The summed E-state index contributed by atoms with van der Waals surface area (Å²) in [5, 5.41) is 2.30. The highest BCUT2D eigenvalue weighted by Gasteiger charge is 2.60. The second-order valence-electron chi connectivity index (χ2n) is 7.66. The molecule has 1 atom stereocenters. The number of nitrogens with zero attached hydrogens (tertiary/aromatic N) is 3. The summed E-state index contributed by atoms with van der Waals surface area (Å²) in [5.41, 5.74) is -0.0889. The average Bonchev–Trinajstić information content (AvgIpc) is 3.60. The first-order valence-corrected chi connectivity index (χ1v) is 9.40. The molecule has 2 aromatic rings. The molecule has 6 nitrogen and oxygen atoms in total. The maximum Gasteiger partial charge on any atom is 0.256 e. The lowest BCUT2D eigenvalue weighted by Gasteiger charge is -2.20. The lowest BCUT2D eigenvalue weighted by Crippen LogP contribution is -2.36. The van der Waals surface area contributed by atoms with E-state index in [0.717, 1.165) is 30.1 Å². The summed E-state index contributed by atoms with van der Waals surface area (Å²) in [5.74, 6) is -7.39. The van der Waals surface area contributed by atoms with E-state index in [1.807, 2.05) is 0 Å². The fourth-order valence-corrected chi connectivity index (χ4v) is 3.41. The number of anilines is 1. The minimum absolute atomic E-state index is 0.000471. The minimum atomic E-state index is -3.05. The Hall–Kier alpha value is -3.04. The van der Waals surface area contributed by atoms with Gasteiger partial charge in [-0.25, -0.2) is 27.5 Å². The van der Waals surface area contributed by atoms with E-state index in [2.05, 4.69) is 15.3 Å². The van der Waals surface area contributed by atoms with Gasteiger partial charge in [-0.2, -0.15) is 0 Å². The third-order valence-electron chi connectivity index (χ3n) is 5.23. The number of amides is 2. The number of rotatable bonds is 6. The van der Waals surface area contributed by atoms with Crippen molar-refractivity contribution in [3.8, 4) is 0 Å². The predicted octanol–water partition coefficient (Wildman–Crippen LogP) is 3.47. The summed E-state index contributed by atoms with van der Waals surface area (Å²) < 4.78 is 55.3. The number of carbonyl (C=O) groups is 2. The van der Waals surface area contributed by atoms with Crippen LogP contribution in [0.5, 0.6) is 0 Å². The number of hydrogen-bond donors (Lipinski definition) is 1.